The molecule has 0 bridgehead atoms. The number of ether oxygens (including phenoxy) is 2. The molecule has 2 aliphatic rings. The van der Waals surface area contributed by atoms with Crippen LogP contribution in [-0.2, 0) is 13.1 Å². The molecule has 4 aromatic carbocycles. The second-order valence-corrected chi connectivity index (χ2v) is 9.36. The summed E-state index contributed by atoms with van der Waals surface area (Å²) in [6.45, 7) is 2.59. The predicted molar refractivity (Wildman–Crippen MR) is 148 cm³/mol. The molecule has 0 radical (unpaired) electrons. The molecule has 6 rings (SSSR count). The molecule has 4 aromatic rings. The molecule has 0 unspecified atom stereocenters. The van der Waals surface area contributed by atoms with E-state index < -0.39 is 0 Å². The summed E-state index contributed by atoms with van der Waals surface area (Å²) < 4.78 is 11.4. The van der Waals surface area contributed by atoms with E-state index in [0.717, 1.165) is 31.1 Å². The van der Waals surface area contributed by atoms with Gasteiger partial charge in [0, 0.05) is 19.6 Å². The lowest BCUT2D eigenvalue weighted by molar-refractivity contribution is 0.281. The zero-order valence-electron chi connectivity index (χ0n) is 20.7. The standard InChI is InChI=1S/C33H29NO2/c1-35-31-18-26-21-34(20-23-11-5-3-6-12-23)22-30(28(26)19-32(31)36-2)33-27-16-10-9-15-25(27)17-29(33)24-13-7-4-8-14-24/h3-19H,20-22H2,1-2H3/b33-30+. The molecule has 1 heterocycles. The van der Waals surface area contributed by atoms with Crippen molar-refractivity contribution in [3.8, 4) is 11.5 Å². The topological polar surface area (TPSA) is 21.7 Å². The van der Waals surface area contributed by atoms with Crippen LogP contribution in [0.25, 0.3) is 22.8 Å². The van der Waals surface area contributed by atoms with E-state index in [9.17, 15) is 0 Å². The third-order valence-corrected chi connectivity index (χ3v) is 7.15. The predicted octanol–water partition coefficient (Wildman–Crippen LogP) is 7.18. The van der Waals surface area contributed by atoms with Gasteiger partial charge in [0.1, 0.15) is 0 Å². The number of hydrogen-bond donors (Lipinski definition) is 0. The number of nitrogens with zero attached hydrogens (tertiary/aromatic N) is 1. The Hall–Kier alpha value is -4.08. The highest BCUT2D eigenvalue weighted by Crippen LogP contribution is 2.48. The smallest absolute Gasteiger partial charge is 0.161 e. The minimum absolute atomic E-state index is 0.766. The van der Waals surface area contributed by atoms with Crippen LogP contribution >= 0.6 is 0 Å². The van der Waals surface area contributed by atoms with Crippen LogP contribution in [0.1, 0.15) is 33.4 Å². The average molecular weight is 472 g/mol. The summed E-state index contributed by atoms with van der Waals surface area (Å²) >= 11 is 0. The molecule has 0 atom stereocenters. The fourth-order valence-electron chi connectivity index (χ4n) is 5.50. The number of fused-ring (bicyclic) bond motifs is 2. The zero-order chi connectivity index (χ0) is 24.5. The van der Waals surface area contributed by atoms with Crippen molar-refractivity contribution in [3.63, 3.8) is 0 Å². The molecule has 1 aliphatic carbocycles. The quantitative estimate of drug-likeness (QED) is 0.308. The number of methoxy groups -OCH3 is 2. The minimum atomic E-state index is 0.766. The van der Waals surface area contributed by atoms with Crippen LogP contribution in [0.2, 0.25) is 0 Å². The number of hydrogen-bond acceptors (Lipinski definition) is 3. The van der Waals surface area contributed by atoms with E-state index in [0.29, 0.717) is 0 Å². The third-order valence-electron chi connectivity index (χ3n) is 7.15. The van der Waals surface area contributed by atoms with Crippen LogP contribution in [-0.4, -0.2) is 25.7 Å². The van der Waals surface area contributed by atoms with E-state index in [4.69, 9.17) is 9.47 Å². The van der Waals surface area contributed by atoms with Crippen LogP contribution in [0.15, 0.2) is 97.1 Å². The van der Waals surface area contributed by atoms with Gasteiger partial charge in [0.15, 0.2) is 11.5 Å². The summed E-state index contributed by atoms with van der Waals surface area (Å²) in [6.07, 6.45) is 2.34. The van der Waals surface area contributed by atoms with Crippen molar-refractivity contribution in [2.75, 3.05) is 20.8 Å². The second-order valence-electron chi connectivity index (χ2n) is 9.36. The fraction of sp³-hybridized carbons (Fsp3) is 0.152. The molecular weight excluding hydrogens is 442 g/mol. The first kappa shape index (κ1) is 22.4. The molecule has 0 saturated heterocycles. The maximum atomic E-state index is 5.74. The van der Waals surface area contributed by atoms with Gasteiger partial charge < -0.3 is 9.47 Å². The lowest BCUT2D eigenvalue weighted by Crippen LogP contribution is -2.30. The molecule has 0 fully saturated rings. The van der Waals surface area contributed by atoms with Crippen LogP contribution in [0.5, 0.6) is 11.5 Å². The molecule has 0 saturated carbocycles. The summed E-state index contributed by atoms with van der Waals surface area (Å²) in [5.74, 6) is 1.54. The summed E-state index contributed by atoms with van der Waals surface area (Å²) in [5, 5.41) is 0. The van der Waals surface area contributed by atoms with E-state index in [-0.39, 0.29) is 0 Å². The van der Waals surface area contributed by atoms with Gasteiger partial charge in [0.05, 0.1) is 14.2 Å². The SMILES string of the molecule is COc1cc2c(cc1OC)/C(=C1/C(c3ccccc3)=Cc3ccccc31)CN(Cc1ccccc1)C2. The molecule has 3 heteroatoms. The minimum Gasteiger partial charge on any atom is -0.493 e. The highest BCUT2D eigenvalue weighted by atomic mass is 16.5. The average Bonchev–Trinajstić information content (AvgIpc) is 3.32. The lowest BCUT2D eigenvalue weighted by Gasteiger charge is -2.33. The van der Waals surface area contributed by atoms with Gasteiger partial charge in [-0.3, -0.25) is 4.90 Å². The highest BCUT2D eigenvalue weighted by Gasteiger charge is 2.30. The van der Waals surface area contributed by atoms with Gasteiger partial charge in [-0.05, 0) is 68.3 Å². The molecule has 0 N–H and O–H groups in total. The Labute approximate surface area is 212 Å². The maximum absolute atomic E-state index is 5.74. The van der Waals surface area contributed by atoms with Crippen molar-refractivity contribution in [2.45, 2.75) is 13.1 Å². The molecular formula is C33H29NO2. The Morgan fingerprint density at radius 2 is 1.36 bits per heavy atom. The number of rotatable bonds is 5. The van der Waals surface area contributed by atoms with E-state index in [1.807, 2.05) is 0 Å². The Morgan fingerprint density at radius 1 is 0.694 bits per heavy atom. The molecule has 0 spiro atoms. The molecule has 0 amide bonds. The van der Waals surface area contributed by atoms with Crippen LogP contribution in [0, 0.1) is 0 Å². The lowest BCUT2D eigenvalue weighted by atomic mass is 9.85. The first-order valence-corrected chi connectivity index (χ1v) is 12.4. The second kappa shape index (κ2) is 9.52. The molecule has 178 valence electrons. The van der Waals surface area contributed by atoms with E-state index in [1.54, 1.807) is 14.2 Å². The zero-order valence-corrected chi connectivity index (χ0v) is 20.7. The van der Waals surface area contributed by atoms with Gasteiger partial charge in [-0.1, -0.05) is 84.9 Å². The fourth-order valence-corrected chi connectivity index (χ4v) is 5.50. The van der Waals surface area contributed by atoms with Gasteiger partial charge in [0.2, 0.25) is 0 Å². The van der Waals surface area contributed by atoms with Crippen molar-refractivity contribution in [1.82, 2.24) is 4.90 Å². The summed E-state index contributed by atoms with van der Waals surface area (Å²) in [5.41, 5.74) is 11.5. The Bertz CT molecular complexity index is 1470. The monoisotopic (exact) mass is 471 g/mol. The summed E-state index contributed by atoms with van der Waals surface area (Å²) in [4.78, 5) is 2.52. The third kappa shape index (κ3) is 4.02. The first-order chi connectivity index (χ1) is 17.7. The van der Waals surface area contributed by atoms with Gasteiger partial charge in [-0.25, -0.2) is 0 Å². The summed E-state index contributed by atoms with van der Waals surface area (Å²) in [7, 11) is 3.42. The number of benzene rings is 4. The first-order valence-electron chi connectivity index (χ1n) is 12.4. The van der Waals surface area contributed by atoms with E-state index in [2.05, 4.69) is 108 Å². The molecule has 1 aliphatic heterocycles. The van der Waals surface area contributed by atoms with E-state index in [1.165, 1.54) is 50.1 Å². The largest absolute Gasteiger partial charge is 0.493 e. The Balaban J connectivity index is 1.57. The molecule has 3 nitrogen and oxygen atoms in total. The van der Waals surface area contributed by atoms with Gasteiger partial charge >= 0.3 is 0 Å². The maximum Gasteiger partial charge on any atom is 0.161 e. The summed E-state index contributed by atoms with van der Waals surface area (Å²) in [6, 6.07) is 34.5. The van der Waals surface area contributed by atoms with Gasteiger partial charge in [-0.2, -0.15) is 0 Å². The van der Waals surface area contributed by atoms with Crippen molar-refractivity contribution < 1.29 is 9.47 Å². The van der Waals surface area contributed by atoms with E-state index >= 15 is 0 Å². The van der Waals surface area contributed by atoms with Crippen LogP contribution in [0.3, 0.4) is 0 Å². The normalized spacial score (nSPS) is 16.8. The molecule has 36 heavy (non-hydrogen) atoms. The van der Waals surface area contributed by atoms with Crippen LogP contribution < -0.4 is 9.47 Å². The number of allylic oxidation sites excluding steroid dienone is 2. The Morgan fingerprint density at radius 3 is 2.11 bits per heavy atom. The van der Waals surface area contributed by atoms with Crippen LogP contribution in [0.4, 0.5) is 0 Å². The highest BCUT2D eigenvalue weighted by molar-refractivity contribution is 6.24. The van der Waals surface area contributed by atoms with Crippen molar-refractivity contribution in [3.05, 3.63) is 130 Å². The molecule has 0 aromatic heterocycles. The van der Waals surface area contributed by atoms with Gasteiger partial charge in [0.25, 0.3) is 0 Å². The van der Waals surface area contributed by atoms with Gasteiger partial charge in [-0.15, -0.1) is 0 Å². The Kier molecular flexibility index (Phi) is 5.92. The van der Waals surface area contributed by atoms with Crippen molar-refractivity contribution in [2.24, 2.45) is 0 Å². The van der Waals surface area contributed by atoms with Crippen molar-refractivity contribution in [1.29, 1.82) is 0 Å². The van der Waals surface area contributed by atoms with Crippen molar-refractivity contribution >= 4 is 22.8 Å².